The van der Waals surface area contributed by atoms with Crippen LogP contribution in [0, 0.1) is 10.1 Å². The van der Waals surface area contributed by atoms with Crippen molar-refractivity contribution >= 4 is 38.9 Å². The fourth-order valence-electron chi connectivity index (χ4n) is 3.14. The maximum atomic E-state index is 12.8. The van der Waals surface area contributed by atoms with Crippen LogP contribution in [0.1, 0.15) is 36.0 Å². The lowest BCUT2D eigenvalue weighted by molar-refractivity contribution is -0.384. The number of benzene rings is 2. The predicted molar refractivity (Wildman–Crippen MR) is 110 cm³/mol. The van der Waals surface area contributed by atoms with Crippen molar-refractivity contribution in [2.45, 2.75) is 30.6 Å². The lowest BCUT2D eigenvalue weighted by Crippen LogP contribution is -2.31. The number of hydrogen-bond donors (Lipinski definition) is 1. The van der Waals surface area contributed by atoms with E-state index in [1.165, 1.54) is 40.7 Å². The van der Waals surface area contributed by atoms with Crippen LogP contribution in [0.3, 0.4) is 0 Å². The van der Waals surface area contributed by atoms with E-state index in [4.69, 9.17) is 11.6 Å². The zero-order chi connectivity index (χ0) is 21.0. The maximum absolute atomic E-state index is 12.8. The number of sulfonamides is 1. The van der Waals surface area contributed by atoms with Crippen molar-refractivity contribution < 1.29 is 18.1 Å². The summed E-state index contributed by atoms with van der Waals surface area (Å²) in [7, 11) is -3.57. The van der Waals surface area contributed by atoms with Crippen molar-refractivity contribution in [3.63, 3.8) is 0 Å². The smallest absolute Gasteiger partial charge is 0.288 e. The Hall–Kier alpha value is -2.49. The highest BCUT2D eigenvalue weighted by molar-refractivity contribution is 7.89. The molecule has 0 aliphatic carbocycles. The van der Waals surface area contributed by atoms with Crippen LogP contribution >= 0.6 is 11.6 Å². The fraction of sp³-hybridized carbons (Fsp3) is 0.316. The molecule has 3 rings (SSSR count). The molecule has 1 aliphatic rings. The first-order valence-corrected chi connectivity index (χ1v) is 11.0. The van der Waals surface area contributed by atoms with Crippen LogP contribution in [-0.2, 0) is 10.0 Å². The number of nitro benzene ring substituents is 1. The number of nitro groups is 1. The van der Waals surface area contributed by atoms with Gasteiger partial charge in [0.1, 0.15) is 5.02 Å². The van der Waals surface area contributed by atoms with Gasteiger partial charge in [0.05, 0.1) is 9.82 Å². The lowest BCUT2D eigenvalue weighted by Gasteiger charge is -2.20. The average molecular weight is 438 g/mol. The van der Waals surface area contributed by atoms with Crippen LogP contribution < -0.4 is 5.32 Å². The summed E-state index contributed by atoms with van der Waals surface area (Å²) < 4.78 is 27.1. The maximum Gasteiger partial charge on any atom is 0.288 e. The second kappa shape index (κ2) is 8.89. The molecule has 0 spiro atoms. The summed E-state index contributed by atoms with van der Waals surface area (Å²) in [6, 6.07) is 9.63. The van der Waals surface area contributed by atoms with E-state index in [2.05, 4.69) is 5.32 Å². The molecule has 1 saturated heterocycles. The fourth-order valence-corrected chi connectivity index (χ4v) is 4.84. The van der Waals surface area contributed by atoms with Crippen molar-refractivity contribution in [3.05, 3.63) is 63.2 Å². The molecule has 154 valence electrons. The van der Waals surface area contributed by atoms with Crippen LogP contribution in [0.15, 0.2) is 47.4 Å². The first-order chi connectivity index (χ1) is 13.8. The van der Waals surface area contributed by atoms with E-state index >= 15 is 0 Å². The molecule has 1 heterocycles. The van der Waals surface area contributed by atoms with Crippen molar-refractivity contribution in [2.24, 2.45) is 0 Å². The van der Waals surface area contributed by atoms with Gasteiger partial charge in [0.2, 0.25) is 10.0 Å². The second-order valence-corrected chi connectivity index (χ2v) is 9.07. The number of amides is 1. The van der Waals surface area contributed by atoms with Crippen LogP contribution in [-0.4, -0.2) is 36.6 Å². The number of nitrogens with one attached hydrogen (secondary N) is 1. The Labute approximate surface area is 173 Å². The van der Waals surface area contributed by atoms with Crippen molar-refractivity contribution in [1.29, 1.82) is 0 Å². The van der Waals surface area contributed by atoms with E-state index in [-0.39, 0.29) is 21.2 Å². The summed E-state index contributed by atoms with van der Waals surface area (Å²) in [6.45, 7) is 1.02. The topological polar surface area (TPSA) is 110 Å². The molecule has 0 saturated carbocycles. The van der Waals surface area contributed by atoms with Crippen molar-refractivity contribution in [3.8, 4) is 0 Å². The molecule has 2 aromatic carbocycles. The highest BCUT2D eigenvalue weighted by Gasteiger charge is 2.25. The molecule has 0 bridgehead atoms. The lowest BCUT2D eigenvalue weighted by atomic mass is 10.2. The third-order valence-corrected chi connectivity index (χ3v) is 6.95. The molecule has 0 radical (unpaired) electrons. The SMILES string of the molecule is O=C(Nc1ccc(S(=O)(=O)N2CCCCCC2)cc1)c1ccc(Cl)c([N+](=O)[O-])c1. The average Bonchev–Trinajstić information content (AvgIpc) is 2.98. The molecule has 1 aliphatic heterocycles. The van der Waals surface area contributed by atoms with Crippen LogP contribution in [0.5, 0.6) is 0 Å². The monoisotopic (exact) mass is 437 g/mol. The quantitative estimate of drug-likeness (QED) is 0.560. The first-order valence-electron chi connectivity index (χ1n) is 9.14. The Bertz CT molecular complexity index is 1020. The number of nitrogens with zero attached hydrogens (tertiary/aromatic N) is 2. The minimum absolute atomic E-state index is 0.0605. The molecule has 8 nitrogen and oxygen atoms in total. The number of halogens is 1. The predicted octanol–water partition coefficient (Wildman–Crippen LogP) is 4.07. The molecule has 1 N–H and O–H groups in total. The van der Waals surface area contributed by atoms with E-state index in [0.717, 1.165) is 31.7 Å². The molecule has 0 atom stereocenters. The Morgan fingerprint density at radius 2 is 1.66 bits per heavy atom. The Morgan fingerprint density at radius 1 is 1.03 bits per heavy atom. The summed E-state index contributed by atoms with van der Waals surface area (Å²) in [5, 5.41) is 13.5. The Morgan fingerprint density at radius 3 is 2.24 bits per heavy atom. The molecule has 1 fully saturated rings. The molecule has 29 heavy (non-hydrogen) atoms. The van der Waals surface area contributed by atoms with E-state index in [9.17, 15) is 23.3 Å². The normalized spacial score (nSPS) is 15.5. The number of anilines is 1. The van der Waals surface area contributed by atoms with Gasteiger partial charge < -0.3 is 5.32 Å². The molecule has 0 aromatic heterocycles. The third kappa shape index (κ3) is 4.92. The van der Waals surface area contributed by atoms with Gasteiger partial charge in [-0.2, -0.15) is 4.31 Å². The van der Waals surface area contributed by atoms with Crippen molar-refractivity contribution in [2.75, 3.05) is 18.4 Å². The Balaban J connectivity index is 1.74. The van der Waals surface area contributed by atoms with E-state index in [0.29, 0.717) is 18.8 Å². The first kappa shape index (κ1) is 21.2. The molecule has 10 heteroatoms. The van der Waals surface area contributed by atoms with Gasteiger partial charge in [0.25, 0.3) is 11.6 Å². The van der Waals surface area contributed by atoms with Gasteiger partial charge in [-0.3, -0.25) is 14.9 Å². The molecule has 0 unspecified atom stereocenters. The van der Waals surface area contributed by atoms with Crippen LogP contribution in [0.4, 0.5) is 11.4 Å². The highest BCUT2D eigenvalue weighted by Crippen LogP contribution is 2.26. The number of carbonyl (C=O) groups is 1. The molecule has 1 amide bonds. The minimum Gasteiger partial charge on any atom is -0.322 e. The standard InChI is InChI=1S/C19H20ClN3O5S/c20-17-10-5-14(13-18(17)23(25)26)19(24)21-15-6-8-16(9-7-15)29(27,28)22-11-3-1-2-4-12-22/h5-10,13H,1-4,11-12H2,(H,21,24). The molecular formula is C19H20ClN3O5S. The molecular weight excluding hydrogens is 418 g/mol. The Kier molecular flexibility index (Phi) is 6.51. The van der Waals surface area contributed by atoms with E-state index in [1.54, 1.807) is 0 Å². The van der Waals surface area contributed by atoms with Gasteiger partial charge in [0.15, 0.2) is 0 Å². The zero-order valence-electron chi connectivity index (χ0n) is 15.5. The van der Waals surface area contributed by atoms with Gasteiger partial charge in [-0.15, -0.1) is 0 Å². The zero-order valence-corrected chi connectivity index (χ0v) is 17.1. The summed E-state index contributed by atoms with van der Waals surface area (Å²) in [6.07, 6.45) is 3.75. The van der Waals surface area contributed by atoms with Gasteiger partial charge in [-0.1, -0.05) is 24.4 Å². The summed E-state index contributed by atoms with van der Waals surface area (Å²) in [5.74, 6) is -0.562. The molecule has 2 aromatic rings. The highest BCUT2D eigenvalue weighted by atomic mass is 35.5. The summed E-state index contributed by atoms with van der Waals surface area (Å²) in [4.78, 5) is 22.8. The van der Waals surface area contributed by atoms with Gasteiger partial charge in [-0.25, -0.2) is 8.42 Å². The number of hydrogen-bond acceptors (Lipinski definition) is 5. The van der Waals surface area contributed by atoms with Crippen molar-refractivity contribution in [1.82, 2.24) is 4.31 Å². The van der Waals surface area contributed by atoms with Crippen LogP contribution in [0.2, 0.25) is 5.02 Å². The third-order valence-electron chi connectivity index (χ3n) is 4.72. The van der Waals surface area contributed by atoms with Crippen LogP contribution in [0.25, 0.3) is 0 Å². The van der Waals surface area contributed by atoms with Gasteiger partial charge >= 0.3 is 0 Å². The second-order valence-electron chi connectivity index (χ2n) is 6.72. The van der Waals surface area contributed by atoms with Gasteiger partial charge in [-0.05, 0) is 49.2 Å². The largest absolute Gasteiger partial charge is 0.322 e. The minimum atomic E-state index is -3.57. The van der Waals surface area contributed by atoms with E-state index in [1.807, 2.05) is 0 Å². The van der Waals surface area contributed by atoms with Gasteiger partial charge in [0, 0.05) is 30.4 Å². The summed E-state index contributed by atoms with van der Waals surface area (Å²) in [5.41, 5.74) is 0.0861. The summed E-state index contributed by atoms with van der Waals surface area (Å²) >= 11 is 5.76. The number of carbonyl (C=O) groups excluding carboxylic acids is 1. The van der Waals surface area contributed by atoms with E-state index < -0.39 is 20.9 Å². The number of rotatable bonds is 5.